The second-order valence-corrected chi connectivity index (χ2v) is 4.15. The zero-order valence-electron chi connectivity index (χ0n) is 9.74. The third-order valence-electron chi connectivity index (χ3n) is 2.34. The van der Waals surface area contributed by atoms with Crippen molar-refractivity contribution in [1.29, 1.82) is 0 Å². The van der Waals surface area contributed by atoms with Crippen molar-refractivity contribution in [2.24, 2.45) is 0 Å². The van der Waals surface area contributed by atoms with Crippen molar-refractivity contribution in [1.82, 2.24) is 15.5 Å². The van der Waals surface area contributed by atoms with Crippen LogP contribution in [-0.4, -0.2) is 48.3 Å². The quantitative estimate of drug-likeness (QED) is 0.595. The summed E-state index contributed by atoms with van der Waals surface area (Å²) in [6.07, 6.45) is 0.129. The van der Waals surface area contributed by atoms with Gasteiger partial charge in [0.15, 0.2) is 0 Å². The van der Waals surface area contributed by atoms with E-state index in [0.29, 0.717) is 0 Å². The lowest BCUT2D eigenvalue weighted by Gasteiger charge is -2.12. The number of likely N-dealkylation sites (tertiary alicyclic amines) is 1. The Kier molecular flexibility index (Phi) is 4.00. The molecule has 0 aliphatic carbocycles. The molecular weight excluding hydrogens is 210 g/mol. The lowest BCUT2D eigenvalue weighted by atomic mass is 10.2. The van der Waals surface area contributed by atoms with E-state index in [9.17, 15) is 14.4 Å². The van der Waals surface area contributed by atoms with Gasteiger partial charge in [-0.15, -0.1) is 0 Å². The van der Waals surface area contributed by atoms with Gasteiger partial charge in [0.2, 0.25) is 17.7 Å². The van der Waals surface area contributed by atoms with E-state index < -0.39 is 6.04 Å². The van der Waals surface area contributed by atoms with Gasteiger partial charge in [-0.1, -0.05) is 0 Å². The summed E-state index contributed by atoms with van der Waals surface area (Å²) >= 11 is 0. The molecule has 2 N–H and O–H groups in total. The van der Waals surface area contributed by atoms with E-state index >= 15 is 0 Å². The minimum Gasteiger partial charge on any atom is -0.353 e. The van der Waals surface area contributed by atoms with E-state index in [0.717, 1.165) is 4.90 Å². The molecular formula is C10H17N3O3. The average molecular weight is 227 g/mol. The standard InChI is InChI=1S/C10H17N3O3/c1-6(2)12-8(14)5-11-7-4-9(15)13(3)10(7)16/h6-7,11H,4-5H2,1-3H3,(H,12,14). The van der Waals surface area contributed by atoms with E-state index in [-0.39, 0.29) is 36.7 Å². The zero-order valence-corrected chi connectivity index (χ0v) is 9.74. The topological polar surface area (TPSA) is 78.5 Å². The minimum atomic E-state index is -0.560. The number of imide groups is 1. The maximum Gasteiger partial charge on any atom is 0.246 e. The molecule has 1 atom stereocenters. The van der Waals surface area contributed by atoms with Crippen molar-refractivity contribution >= 4 is 17.7 Å². The van der Waals surface area contributed by atoms with Gasteiger partial charge in [0.1, 0.15) is 0 Å². The summed E-state index contributed by atoms with van der Waals surface area (Å²) < 4.78 is 0. The van der Waals surface area contributed by atoms with Crippen LogP contribution in [0.5, 0.6) is 0 Å². The zero-order chi connectivity index (χ0) is 12.3. The Morgan fingerprint density at radius 2 is 2.12 bits per heavy atom. The maximum atomic E-state index is 11.5. The Hall–Kier alpha value is -1.43. The minimum absolute atomic E-state index is 0.0513. The van der Waals surface area contributed by atoms with Crippen molar-refractivity contribution in [2.45, 2.75) is 32.4 Å². The fraction of sp³-hybridized carbons (Fsp3) is 0.700. The van der Waals surface area contributed by atoms with Crippen LogP contribution in [0.15, 0.2) is 0 Å². The number of hydrogen-bond donors (Lipinski definition) is 2. The molecule has 1 unspecified atom stereocenters. The predicted octanol–water partition coefficient (Wildman–Crippen LogP) is -1.14. The van der Waals surface area contributed by atoms with E-state index in [2.05, 4.69) is 10.6 Å². The molecule has 1 heterocycles. The summed E-state index contributed by atoms with van der Waals surface area (Å²) in [7, 11) is 1.44. The van der Waals surface area contributed by atoms with Crippen molar-refractivity contribution in [2.75, 3.05) is 13.6 Å². The van der Waals surface area contributed by atoms with Gasteiger partial charge in [-0.3, -0.25) is 24.6 Å². The highest BCUT2D eigenvalue weighted by Crippen LogP contribution is 2.09. The van der Waals surface area contributed by atoms with Gasteiger partial charge in [-0.25, -0.2) is 0 Å². The number of carbonyl (C=O) groups is 3. The van der Waals surface area contributed by atoms with Crippen LogP contribution in [0.4, 0.5) is 0 Å². The Labute approximate surface area is 94.4 Å². The molecule has 6 heteroatoms. The van der Waals surface area contributed by atoms with Crippen LogP contribution in [0, 0.1) is 0 Å². The van der Waals surface area contributed by atoms with Gasteiger partial charge in [-0.05, 0) is 13.8 Å². The smallest absolute Gasteiger partial charge is 0.246 e. The predicted molar refractivity (Wildman–Crippen MR) is 57.5 cm³/mol. The molecule has 1 saturated heterocycles. The highest BCUT2D eigenvalue weighted by molar-refractivity contribution is 6.05. The molecule has 1 rings (SSSR count). The Morgan fingerprint density at radius 1 is 1.50 bits per heavy atom. The van der Waals surface area contributed by atoms with Gasteiger partial charge < -0.3 is 5.32 Å². The molecule has 1 aliphatic heterocycles. The largest absolute Gasteiger partial charge is 0.353 e. The van der Waals surface area contributed by atoms with Gasteiger partial charge in [0.25, 0.3) is 0 Å². The third kappa shape index (κ3) is 3.03. The molecule has 1 aliphatic rings. The molecule has 0 aromatic rings. The first kappa shape index (κ1) is 12.6. The number of nitrogens with zero attached hydrogens (tertiary/aromatic N) is 1. The van der Waals surface area contributed by atoms with E-state index in [1.807, 2.05) is 13.8 Å². The fourth-order valence-corrected chi connectivity index (χ4v) is 1.50. The summed E-state index contributed by atoms with van der Waals surface area (Å²) in [5, 5.41) is 5.47. The molecule has 0 bridgehead atoms. The number of nitrogens with one attached hydrogen (secondary N) is 2. The molecule has 0 spiro atoms. The van der Waals surface area contributed by atoms with Crippen LogP contribution in [0.1, 0.15) is 20.3 Å². The van der Waals surface area contributed by atoms with Crippen LogP contribution in [0.2, 0.25) is 0 Å². The van der Waals surface area contributed by atoms with Crippen LogP contribution in [0.3, 0.4) is 0 Å². The van der Waals surface area contributed by atoms with E-state index in [1.165, 1.54) is 7.05 Å². The molecule has 1 fully saturated rings. The van der Waals surface area contributed by atoms with Crippen molar-refractivity contribution in [3.63, 3.8) is 0 Å². The summed E-state index contributed by atoms with van der Waals surface area (Å²) in [5.74, 6) is -0.668. The summed E-state index contributed by atoms with van der Waals surface area (Å²) in [4.78, 5) is 35.0. The van der Waals surface area contributed by atoms with Crippen LogP contribution < -0.4 is 10.6 Å². The highest BCUT2D eigenvalue weighted by atomic mass is 16.2. The van der Waals surface area contributed by atoms with Crippen LogP contribution in [-0.2, 0) is 14.4 Å². The van der Waals surface area contributed by atoms with E-state index in [4.69, 9.17) is 0 Å². The molecule has 16 heavy (non-hydrogen) atoms. The molecule has 0 aromatic heterocycles. The Bertz CT molecular complexity index is 314. The second kappa shape index (κ2) is 5.07. The van der Waals surface area contributed by atoms with Crippen molar-refractivity contribution in [3.05, 3.63) is 0 Å². The molecule has 6 nitrogen and oxygen atoms in total. The lowest BCUT2D eigenvalue weighted by Crippen LogP contribution is -2.44. The number of rotatable bonds is 4. The molecule has 0 aromatic carbocycles. The van der Waals surface area contributed by atoms with Gasteiger partial charge in [0.05, 0.1) is 19.0 Å². The average Bonchev–Trinajstić information content (AvgIpc) is 2.42. The number of likely N-dealkylation sites (N-methyl/N-ethyl adjacent to an activating group) is 1. The molecule has 3 amide bonds. The fourth-order valence-electron chi connectivity index (χ4n) is 1.50. The molecule has 0 saturated carbocycles. The normalized spacial score (nSPS) is 20.8. The van der Waals surface area contributed by atoms with E-state index in [1.54, 1.807) is 0 Å². The van der Waals surface area contributed by atoms with Gasteiger partial charge in [0, 0.05) is 13.1 Å². The number of amides is 3. The van der Waals surface area contributed by atoms with Crippen molar-refractivity contribution < 1.29 is 14.4 Å². The van der Waals surface area contributed by atoms with Gasteiger partial charge in [-0.2, -0.15) is 0 Å². The van der Waals surface area contributed by atoms with Crippen LogP contribution >= 0.6 is 0 Å². The number of hydrogen-bond acceptors (Lipinski definition) is 4. The van der Waals surface area contributed by atoms with Gasteiger partial charge >= 0.3 is 0 Å². The highest BCUT2D eigenvalue weighted by Gasteiger charge is 2.35. The Balaban J connectivity index is 2.37. The SMILES string of the molecule is CC(C)NC(=O)CNC1CC(=O)N(C)C1=O. The molecule has 0 radical (unpaired) electrons. The monoisotopic (exact) mass is 227 g/mol. The first-order valence-corrected chi connectivity index (χ1v) is 5.25. The summed E-state index contributed by atoms with van der Waals surface area (Å²) in [6, 6.07) is -0.492. The maximum absolute atomic E-state index is 11.5. The molecule has 90 valence electrons. The summed E-state index contributed by atoms with van der Waals surface area (Å²) in [5.41, 5.74) is 0. The Morgan fingerprint density at radius 3 is 2.56 bits per heavy atom. The summed E-state index contributed by atoms with van der Waals surface area (Å²) in [6.45, 7) is 3.77. The number of carbonyl (C=O) groups excluding carboxylic acids is 3. The second-order valence-electron chi connectivity index (χ2n) is 4.15. The van der Waals surface area contributed by atoms with Crippen molar-refractivity contribution in [3.8, 4) is 0 Å². The first-order chi connectivity index (χ1) is 7.41. The van der Waals surface area contributed by atoms with Crippen LogP contribution in [0.25, 0.3) is 0 Å². The third-order valence-corrected chi connectivity index (χ3v) is 2.34. The lowest BCUT2D eigenvalue weighted by molar-refractivity contribution is -0.137. The first-order valence-electron chi connectivity index (χ1n) is 5.25.